The summed E-state index contributed by atoms with van der Waals surface area (Å²) < 4.78 is 1.88. The predicted molar refractivity (Wildman–Crippen MR) is 66.5 cm³/mol. The van der Waals surface area contributed by atoms with E-state index in [0.717, 1.165) is 44.2 Å². The maximum atomic E-state index is 8.93. The topological polar surface area (TPSA) is 69.8 Å². The van der Waals surface area contributed by atoms with E-state index < -0.39 is 0 Å². The molecular weight excluding hydrogens is 232 g/mol. The van der Waals surface area contributed by atoms with Gasteiger partial charge in [0.1, 0.15) is 6.33 Å². The first-order chi connectivity index (χ1) is 8.88. The first-order valence-corrected chi connectivity index (χ1v) is 6.11. The maximum Gasteiger partial charge on any atom is 0.203 e. The highest BCUT2D eigenvalue weighted by molar-refractivity contribution is 5.63. The van der Waals surface area contributed by atoms with Crippen LogP contribution < -0.4 is 4.90 Å². The number of hydrogen-bond acceptors (Lipinski definition) is 6. The highest BCUT2D eigenvalue weighted by Gasteiger charge is 2.20. The van der Waals surface area contributed by atoms with Crippen LogP contribution in [0.5, 0.6) is 0 Å². The summed E-state index contributed by atoms with van der Waals surface area (Å²) in [6.45, 7) is 4.66. The second-order valence-corrected chi connectivity index (χ2v) is 4.36. The Morgan fingerprint density at radius 1 is 1.22 bits per heavy atom. The number of aliphatic hydroxyl groups excluding tert-OH is 1. The molecule has 2 aromatic heterocycles. The molecule has 0 unspecified atom stereocenters. The minimum atomic E-state index is 0.220. The van der Waals surface area contributed by atoms with Gasteiger partial charge in [0.2, 0.25) is 5.65 Å². The third kappa shape index (κ3) is 2.02. The van der Waals surface area contributed by atoms with Crippen LogP contribution in [0.15, 0.2) is 18.7 Å². The van der Waals surface area contributed by atoms with Crippen LogP contribution >= 0.6 is 0 Å². The first-order valence-electron chi connectivity index (χ1n) is 6.11. The van der Waals surface area contributed by atoms with Crippen molar-refractivity contribution in [3.8, 4) is 0 Å². The van der Waals surface area contributed by atoms with Gasteiger partial charge < -0.3 is 10.0 Å². The zero-order chi connectivity index (χ0) is 12.4. The van der Waals surface area contributed by atoms with Crippen molar-refractivity contribution in [2.75, 3.05) is 44.2 Å². The first kappa shape index (κ1) is 11.4. The molecule has 0 amide bonds. The number of hydrogen-bond donors (Lipinski definition) is 1. The molecule has 0 aliphatic carbocycles. The molecular formula is C11H16N6O. The van der Waals surface area contributed by atoms with Gasteiger partial charge in [-0.25, -0.2) is 4.98 Å². The summed E-state index contributed by atoms with van der Waals surface area (Å²) in [7, 11) is 0. The van der Waals surface area contributed by atoms with E-state index in [1.807, 2.05) is 10.6 Å². The summed E-state index contributed by atoms with van der Waals surface area (Å²) in [5.41, 5.74) is 0.799. The van der Waals surface area contributed by atoms with E-state index >= 15 is 0 Å². The lowest BCUT2D eigenvalue weighted by Gasteiger charge is -2.34. The molecule has 0 spiro atoms. The summed E-state index contributed by atoms with van der Waals surface area (Å²) >= 11 is 0. The third-order valence-corrected chi connectivity index (χ3v) is 3.29. The molecule has 0 radical (unpaired) electrons. The van der Waals surface area contributed by atoms with Gasteiger partial charge in [-0.15, -0.1) is 10.2 Å². The lowest BCUT2D eigenvalue weighted by Crippen LogP contribution is -2.47. The number of piperazine rings is 1. The number of aromatic nitrogens is 4. The average molecular weight is 248 g/mol. The van der Waals surface area contributed by atoms with E-state index in [1.54, 1.807) is 12.5 Å². The van der Waals surface area contributed by atoms with Crippen molar-refractivity contribution >= 4 is 11.5 Å². The molecule has 7 heteroatoms. The second-order valence-electron chi connectivity index (χ2n) is 4.36. The summed E-state index contributed by atoms with van der Waals surface area (Å²) in [4.78, 5) is 8.88. The van der Waals surface area contributed by atoms with Gasteiger partial charge in [-0.1, -0.05) is 0 Å². The van der Waals surface area contributed by atoms with Crippen molar-refractivity contribution in [3.05, 3.63) is 18.7 Å². The zero-order valence-corrected chi connectivity index (χ0v) is 10.1. The lowest BCUT2D eigenvalue weighted by molar-refractivity contribution is 0.188. The van der Waals surface area contributed by atoms with Gasteiger partial charge in [0.15, 0.2) is 5.82 Å². The van der Waals surface area contributed by atoms with Crippen molar-refractivity contribution in [1.82, 2.24) is 24.5 Å². The molecule has 0 saturated carbocycles. The molecule has 18 heavy (non-hydrogen) atoms. The van der Waals surface area contributed by atoms with Crippen LogP contribution in [-0.4, -0.2) is 68.9 Å². The summed E-state index contributed by atoms with van der Waals surface area (Å²) in [6.07, 6.45) is 5.30. The number of β-amino-alcohol motifs (C(OH)–C–C–N with tert-alkyl or cyclic N) is 1. The van der Waals surface area contributed by atoms with Gasteiger partial charge in [-0.3, -0.25) is 9.30 Å². The SMILES string of the molecule is OCCN1CCN(c2nccn3cnnc23)CC1. The number of anilines is 1. The summed E-state index contributed by atoms with van der Waals surface area (Å²) in [5, 5.41) is 16.9. The Labute approximate surface area is 105 Å². The third-order valence-electron chi connectivity index (χ3n) is 3.29. The van der Waals surface area contributed by atoms with E-state index in [4.69, 9.17) is 5.11 Å². The Bertz CT molecular complexity index is 519. The van der Waals surface area contributed by atoms with Crippen LogP contribution in [0.3, 0.4) is 0 Å². The lowest BCUT2D eigenvalue weighted by atomic mass is 10.3. The van der Waals surface area contributed by atoms with Crippen molar-refractivity contribution in [3.63, 3.8) is 0 Å². The second kappa shape index (κ2) is 4.87. The number of aliphatic hydroxyl groups is 1. The smallest absolute Gasteiger partial charge is 0.203 e. The van der Waals surface area contributed by atoms with Crippen LogP contribution in [0.4, 0.5) is 5.82 Å². The predicted octanol–water partition coefficient (Wildman–Crippen LogP) is -0.761. The Morgan fingerprint density at radius 2 is 2.06 bits per heavy atom. The molecule has 1 saturated heterocycles. The molecule has 0 atom stereocenters. The standard InChI is InChI=1S/C11H16N6O/c18-8-7-15-3-5-16(6-4-15)10-11-14-13-9-17(11)2-1-12-10/h1-2,9,18H,3-8H2. The van der Waals surface area contributed by atoms with E-state index in [0.29, 0.717) is 0 Å². The molecule has 7 nitrogen and oxygen atoms in total. The molecule has 96 valence electrons. The van der Waals surface area contributed by atoms with Crippen LogP contribution in [0.25, 0.3) is 5.65 Å². The van der Waals surface area contributed by atoms with E-state index in [9.17, 15) is 0 Å². The summed E-state index contributed by atoms with van der Waals surface area (Å²) in [5.74, 6) is 0.888. The number of nitrogens with zero attached hydrogens (tertiary/aromatic N) is 6. The minimum absolute atomic E-state index is 0.220. The molecule has 3 heterocycles. The highest BCUT2D eigenvalue weighted by Crippen LogP contribution is 2.17. The van der Waals surface area contributed by atoms with Gasteiger partial charge in [0.25, 0.3) is 0 Å². The average Bonchev–Trinajstić information content (AvgIpc) is 2.88. The molecule has 1 aliphatic rings. The molecule has 1 fully saturated rings. The fourth-order valence-corrected chi connectivity index (χ4v) is 2.29. The Kier molecular flexibility index (Phi) is 3.07. The van der Waals surface area contributed by atoms with Crippen LogP contribution in [0.2, 0.25) is 0 Å². The van der Waals surface area contributed by atoms with Crippen LogP contribution in [0, 0.1) is 0 Å². The van der Waals surface area contributed by atoms with Gasteiger partial charge in [0.05, 0.1) is 6.61 Å². The molecule has 0 bridgehead atoms. The fraction of sp³-hybridized carbons (Fsp3) is 0.545. The number of fused-ring (bicyclic) bond motifs is 1. The van der Waals surface area contributed by atoms with Crippen LogP contribution in [-0.2, 0) is 0 Å². The number of rotatable bonds is 3. The van der Waals surface area contributed by atoms with E-state index in [-0.39, 0.29) is 6.61 Å². The van der Waals surface area contributed by atoms with E-state index in [2.05, 4.69) is 25.0 Å². The van der Waals surface area contributed by atoms with E-state index in [1.165, 1.54) is 0 Å². The largest absolute Gasteiger partial charge is 0.395 e. The van der Waals surface area contributed by atoms with Crippen molar-refractivity contribution in [1.29, 1.82) is 0 Å². The Balaban J connectivity index is 1.78. The normalized spacial score (nSPS) is 17.5. The Hall–Kier alpha value is -1.73. The van der Waals surface area contributed by atoms with Crippen molar-refractivity contribution in [2.24, 2.45) is 0 Å². The van der Waals surface area contributed by atoms with Gasteiger partial charge in [-0.05, 0) is 0 Å². The molecule has 2 aromatic rings. The minimum Gasteiger partial charge on any atom is -0.395 e. The quantitative estimate of drug-likeness (QED) is 0.770. The summed E-state index contributed by atoms with van der Waals surface area (Å²) in [6, 6.07) is 0. The highest BCUT2D eigenvalue weighted by atomic mass is 16.3. The Morgan fingerprint density at radius 3 is 2.83 bits per heavy atom. The molecule has 1 aliphatic heterocycles. The van der Waals surface area contributed by atoms with Gasteiger partial charge in [0, 0.05) is 45.1 Å². The molecule has 1 N–H and O–H groups in total. The molecule has 3 rings (SSSR count). The van der Waals surface area contributed by atoms with Gasteiger partial charge in [-0.2, -0.15) is 0 Å². The van der Waals surface area contributed by atoms with Gasteiger partial charge >= 0.3 is 0 Å². The van der Waals surface area contributed by atoms with Crippen molar-refractivity contribution < 1.29 is 5.11 Å². The zero-order valence-electron chi connectivity index (χ0n) is 10.1. The fourth-order valence-electron chi connectivity index (χ4n) is 2.29. The monoisotopic (exact) mass is 248 g/mol. The van der Waals surface area contributed by atoms with Crippen molar-refractivity contribution in [2.45, 2.75) is 0 Å². The van der Waals surface area contributed by atoms with Crippen LogP contribution in [0.1, 0.15) is 0 Å². The maximum absolute atomic E-state index is 8.93. The molecule has 0 aromatic carbocycles.